The van der Waals surface area contributed by atoms with Crippen LogP contribution >= 0.6 is 0 Å². The third-order valence-electron chi connectivity index (χ3n) is 5.92. The Kier molecular flexibility index (Phi) is 5.13. The SMILES string of the molecule is COCCC1(C(=O)N2CCC(n3ncc(C(=O)O)c3C)CC2)CCC1. The van der Waals surface area contributed by atoms with Crippen LogP contribution in [0, 0.1) is 12.3 Å². The average molecular weight is 349 g/mol. The summed E-state index contributed by atoms with van der Waals surface area (Å²) in [6.45, 7) is 3.84. The summed E-state index contributed by atoms with van der Waals surface area (Å²) in [5, 5.41) is 13.4. The zero-order valence-corrected chi connectivity index (χ0v) is 15.0. The normalized spacial score (nSPS) is 20.3. The molecule has 2 aliphatic rings. The second-order valence-corrected chi connectivity index (χ2v) is 7.29. The highest BCUT2D eigenvalue weighted by atomic mass is 16.5. The third-order valence-corrected chi connectivity index (χ3v) is 5.92. The first-order chi connectivity index (χ1) is 12.0. The maximum Gasteiger partial charge on any atom is 0.339 e. The average Bonchev–Trinajstić information content (AvgIpc) is 2.96. The number of carboxylic acids is 1. The number of piperidine rings is 1. The molecule has 1 N–H and O–H groups in total. The van der Waals surface area contributed by atoms with Crippen molar-refractivity contribution in [1.29, 1.82) is 0 Å². The minimum absolute atomic E-state index is 0.161. The van der Waals surface area contributed by atoms with E-state index < -0.39 is 5.97 Å². The van der Waals surface area contributed by atoms with Crippen molar-refractivity contribution in [3.8, 4) is 0 Å². The van der Waals surface area contributed by atoms with Gasteiger partial charge >= 0.3 is 5.97 Å². The second-order valence-electron chi connectivity index (χ2n) is 7.29. The van der Waals surface area contributed by atoms with Crippen LogP contribution in [0.5, 0.6) is 0 Å². The van der Waals surface area contributed by atoms with Crippen LogP contribution in [-0.2, 0) is 9.53 Å². The first-order valence-corrected chi connectivity index (χ1v) is 9.04. The molecule has 0 spiro atoms. The molecule has 1 aliphatic heterocycles. The van der Waals surface area contributed by atoms with Crippen LogP contribution in [0.2, 0.25) is 0 Å². The molecule has 3 rings (SSSR count). The molecule has 0 radical (unpaired) electrons. The van der Waals surface area contributed by atoms with Gasteiger partial charge in [-0.15, -0.1) is 0 Å². The summed E-state index contributed by atoms with van der Waals surface area (Å²) in [5.74, 6) is -0.668. The van der Waals surface area contributed by atoms with Crippen LogP contribution in [0.3, 0.4) is 0 Å². The Bertz CT molecular complexity index is 643. The van der Waals surface area contributed by atoms with E-state index in [1.807, 2.05) is 9.58 Å². The van der Waals surface area contributed by atoms with Crippen molar-refractivity contribution in [2.75, 3.05) is 26.8 Å². The molecule has 25 heavy (non-hydrogen) atoms. The predicted octanol–water partition coefficient (Wildman–Crippen LogP) is 2.26. The first kappa shape index (κ1) is 17.9. The standard InChI is InChI=1S/C18H27N3O4/c1-13-15(16(22)23)12-19-21(13)14-4-9-20(10-5-14)17(24)18(6-3-7-18)8-11-25-2/h12,14H,3-11H2,1-2H3,(H,22,23). The lowest BCUT2D eigenvalue weighted by molar-refractivity contribution is -0.150. The fraction of sp³-hybridized carbons (Fsp3) is 0.722. The largest absolute Gasteiger partial charge is 0.478 e. The molecule has 1 saturated heterocycles. The van der Waals surface area contributed by atoms with Gasteiger partial charge in [0.25, 0.3) is 0 Å². The van der Waals surface area contributed by atoms with E-state index in [1.54, 1.807) is 14.0 Å². The minimum Gasteiger partial charge on any atom is -0.478 e. The van der Waals surface area contributed by atoms with Gasteiger partial charge in [0, 0.05) is 26.8 Å². The van der Waals surface area contributed by atoms with Gasteiger partial charge in [0.15, 0.2) is 0 Å². The molecule has 1 saturated carbocycles. The molecular weight excluding hydrogens is 322 g/mol. The summed E-state index contributed by atoms with van der Waals surface area (Å²) < 4.78 is 7.00. The zero-order valence-electron chi connectivity index (χ0n) is 15.0. The Labute approximate surface area is 147 Å². The van der Waals surface area contributed by atoms with Crippen LogP contribution < -0.4 is 0 Å². The zero-order chi connectivity index (χ0) is 18.0. The van der Waals surface area contributed by atoms with Crippen molar-refractivity contribution < 1.29 is 19.4 Å². The Morgan fingerprint density at radius 1 is 1.36 bits per heavy atom. The van der Waals surface area contributed by atoms with Crippen LogP contribution in [0.15, 0.2) is 6.20 Å². The van der Waals surface area contributed by atoms with Crippen molar-refractivity contribution in [3.05, 3.63) is 17.5 Å². The van der Waals surface area contributed by atoms with Gasteiger partial charge in [-0.05, 0) is 39.0 Å². The van der Waals surface area contributed by atoms with Crippen molar-refractivity contribution in [1.82, 2.24) is 14.7 Å². The number of ether oxygens (including phenoxy) is 1. The number of likely N-dealkylation sites (tertiary alicyclic amines) is 1. The molecule has 0 atom stereocenters. The summed E-state index contributed by atoms with van der Waals surface area (Å²) in [6, 6.07) is 0.161. The van der Waals surface area contributed by atoms with E-state index in [9.17, 15) is 9.59 Å². The number of aromatic nitrogens is 2. The van der Waals surface area contributed by atoms with Crippen molar-refractivity contribution >= 4 is 11.9 Å². The number of carbonyl (C=O) groups is 2. The Balaban J connectivity index is 1.62. The van der Waals surface area contributed by atoms with Crippen molar-refractivity contribution in [2.45, 2.75) is 51.5 Å². The molecule has 138 valence electrons. The second kappa shape index (κ2) is 7.15. The summed E-state index contributed by atoms with van der Waals surface area (Å²) in [4.78, 5) is 26.1. The van der Waals surface area contributed by atoms with Gasteiger partial charge in [-0.2, -0.15) is 5.10 Å². The Morgan fingerprint density at radius 2 is 2.04 bits per heavy atom. The highest BCUT2D eigenvalue weighted by molar-refractivity contribution is 5.88. The maximum atomic E-state index is 13.0. The van der Waals surface area contributed by atoms with Crippen LogP contribution in [0.4, 0.5) is 0 Å². The van der Waals surface area contributed by atoms with Crippen LogP contribution in [-0.4, -0.2) is 58.5 Å². The van der Waals surface area contributed by atoms with E-state index in [0.717, 1.165) is 38.5 Å². The number of carboxylic acid groups (broad SMARTS) is 1. The number of aromatic carboxylic acids is 1. The molecular formula is C18H27N3O4. The van der Waals surface area contributed by atoms with Gasteiger partial charge in [-0.3, -0.25) is 9.48 Å². The Morgan fingerprint density at radius 3 is 2.52 bits per heavy atom. The van der Waals surface area contributed by atoms with E-state index >= 15 is 0 Å². The molecule has 7 heteroatoms. The summed E-state index contributed by atoms with van der Waals surface area (Å²) in [5.41, 5.74) is 0.736. The van der Waals surface area contributed by atoms with E-state index in [2.05, 4.69) is 5.10 Å². The fourth-order valence-corrected chi connectivity index (χ4v) is 4.12. The molecule has 2 fully saturated rings. The molecule has 1 aromatic heterocycles. The van der Waals surface area contributed by atoms with Gasteiger partial charge in [-0.1, -0.05) is 6.42 Å². The maximum absolute atomic E-state index is 13.0. The lowest BCUT2D eigenvalue weighted by Crippen LogP contribution is -2.51. The molecule has 1 aromatic rings. The molecule has 1 aliphatic carbocycles. The summed E-state index contributed by atoms with van der Waals surface area (Å²) >= 11 is 0. The van der Waals surface area contributed by atoms with E-state index in [-0.39, 0.29) is 22.9 Å². The monoisotopic (exact) mass is 349 g/mol. The van der Waals surface area contributed by atoms with Gasteiger partial charge in [0.1, 0.15) is 5.56 Å². The van der Waals surface area contributed by atoms with Gasteiger partial charge in [0.2, 0.25) is 5.91 Å². The minimum atomic E-state index is -0.943. The molecule has 2 heterocycles. The molecule has 0 aromatic carbocycles. The summed E-state index contributed by atoms with van der Waals surface area (Å²) in [6.07, 6.45) is 6.91. The smallest absolute Gasteiger partial charge is 0.339 e. The van der Waals surface area contributed by atoms with E-state index in [4.69, 9.17) is 9.84 Å². The van der Waals surface area contributed by atoms with E-state index in [0.29, 0.717) is 25.4 Å². The van der Waals surface area contributed by atoms with Gasteiger partial charge in [-0.25, -0.2) is 4.79 Å². The lowest BCUT2D eigenvalue weighted by Gasteiger charge is -2.45. The van der Waals surface area contributed by atoms with Gasteiger partial charge < -0.3 is 14.7 Å². The molecule has 1 amide bonds. The fourth-order valence-electron chi connectivity index (χ4n) is 4.12. The van der Waals surface area contributed by atoms with Crippen molar-refractivity contribution in [3.63, 3.8) is 0 Å². The molecule has 0 bridgehead atoms. The number of hydrogen-bond acceptors (Lipinski definition) is 4. The quantitative estimate of drug-likeness (QED) is 0.851. The third kappa shape index (κ3) is 3.29. The topological polar surface area (TPSA) is 84.7 Å². The highest BCUT2D eigenvalue weighted by Gasteiger charge is 2.46. The van der Waals surface area contributed by atoms with Crippen molar-refractivity contribution in [2.24, 2.45) is 5.41 Å². The number of rotatable bonds is 6. The van der Waals surface area contributed by atoms with Crippen LogP contribution in [0.1, 0.15) is 60.6 Å². The first-order valence-electron chi connectivity index (χ1n) is 9.04. The van der Waals surface area contributed by atoms with E-state index in [1.165, 1.54) is 6.20 Å². The lowest BCUT2D eigenvalue weighted by atomic mass is 9.65. The van der Waals surface area contributed by atoms with Gasteiger partial charge in [0.05, 0.1) is 23.3 Å². The number of hydrogen-bond donors (Lipinski definition) is 1. The van der Waals surface area contributed by atoms with Crippen LogP contribution in [0.25, 0.3) is 0 Å². The summed E-state index contributed by atoms with van der Waals surface area (Å²) in [7, 11) is 1.68. The Hall–Kier alpha value is -1.89. The molecule has 7 nitrogen and oxygen atoms in total. The number of nitrogens with zero attached hydrogens (tertiary/aromatic N) is 3. The predicted molar refractivity (Wildman–Crippen MR) is 91.6 cm³/mol. The molecule has 0 unspecified atom stereocenters. The number of amides is 1. The highest BCUT2D eigenvalue weighted by Crippen LogP contribution is 2.46. The number of carbonyl (C=O) groups excluding carboxylic acids is 1. The number of methoxy groups -OCH3 is 1.